The fraction of sp³-hybridized carbons (Fsp3) is 0.235. The van der Waals surface area contributed by atoms with Crippen molar-refractivity contribution in [1.29, 1.82) is 0 Å². The van der Waals surface area contributed by atoms with Gasteiger partial charge in [0.25, 0.3) is 5.91 Å². The molecule has 24 heavy (non-hydrogen) atoms. The largest absolute Gasteiger partial charge is 0.341 e. The number of hydrogen-bond donors (Lipinski definition) is 0. The Kier molecular flexibility index (Phi) is 4.13. The lowest BCUT2D eigenvalue weighted by atomic mass is 10.1. The summed E-state index contributed by atoms with van der Waals surface area (Å²) in [5.74, 6) is -3.77. The number of carbonyl (C=O) groups is 1. The highest BCUT2D eigenvalue weighted by Crippen LogP contribution is 2.33. The third-order valence-corrected chi connectivity index (χ3v) is 5.49. The van der Waals surface area contributed by atoms with Crippen LogP contribution in [0.15, 0.2) is 53.4 Å². The summed E-state index contributed by atoms with van der Waals surface area (Å²) in [6, 6.07) is 12.2. The standard InChI is InChI=1S/C17H15F2NO3S/c1-11-10-13-4-2-3-5-15(13)20(11)16(21)12-6-8-14(9-7-12)24(22,23)17(18)19/h2-9,11,17H,10H2,1H3. The van der Waals surface area contributed by atoms with Crippen LogP contribution in [-0.2, 0) is 16.3 Å². The molecule has 0 bridgehead atoms. The molecular formula is C17H15F2NO3S. The number of hydrogen-bond acceptors (Lipinski definition) is 3. The summed E-state index contributed by atoms with van der Waals surface area (Å²) in [5, 5.41) is 0. The van der Waals surface area contributed by atoms with Gasteiger partial charge >= 0.3 is 5.76 Å². The molecule has 1 aliphatic rings. The number of halogens is 2. The summed E-state index contributed by atoms with van der Waals surface area (Å²) in [4.78, 5) is 13.9. The van der Waals surface area contributed by atoms with Crippen molar-refractivity contribution in [3.05, 3.63) is 59.7 Å². The molecule has 2 aromatic rings. The van der Waals surface area contributed by atoms with Crippen molar-refractivity contribution in [3.63, 3.8) is 0 Å². The summed E-state index contributed by atoms with van der Waals surface area (Å²) in [6.45, 7) is 1.92. The van der Waals surface area contributed by atoms with E-state index in [0.717, 1.165) is 29.8 Å². The quantitative estimate of drug-likeness (QED) is 0.853. The molecule has 1 atom stereocenters. The van der Waals surface area contributed by atoms with Gasteiger partial charge in [-0.25, -0.2) is 8.42 Å². The second-order valence-corrected chi connectivity index (χ2v) is 7.60. The number of nitrogens with zero attached hydrogens (tertiary/aromatic N) is 1. The van der Waals surface area contributed by atoms with Crippen molar-refractivity contribution in [2.45, 2.75) is 30.0 Å². The normalized spacial score (nSPS) is 17.2. The van der Waals surface area contributed by atoms with E-state index >= 15 is 0 Å². The van der Waals surface area contributed by atoms with E-state index in [1.807, 2.05) is 31.2 Å². The van der Waals surface area contributed by atoms with Crippen LogP contribution in [0.4, 0.5) is 14.5 Å². The lowest BCUT2D eigenvalue weighted by Gasteiger charge is -2.23. The molecule has 0 saturated heterocycles. The van der Waals surface area contributed by atoms with Gasteiger partial charge in [-0.15, -0.1) is 0 Å². The summed E-state index contributed by atoms with van der Waals surface area (Å²) >= 11 is 0. The second-order valence-electron chi connectivity index (χ2n) is 5.69. The first-order valence-electron chi connectivity index (χ1n) is 7.36. The molecule has 0 spiro atoms. The molecule has 0 fully saturated rings. The SMILES string of the molecule is CC1Cc2ccccc2N1C(=O)c1ccc(S(=O)(=O)C(F)F)cc1. The zero-order valence-corrected chi connectivity index (χ0v) is 13.6. The first kappa shape index (κ1) is 16.6. The molecule has 4 nitrogen and oxygen atoms in total. The van der Waals surface area contributed by atoms with Gasteiger partial charge in [0.15, 0.2) is 0 Å². The van der Waals surface area contributed by atoms with Gasteiger partial charge in [0, 0.05) is 17.3 Å². The molecule has 0 N–H and O–H groups in total. The Labute approximate surface area is 138 Å². The summed E-state index contributed by atoms with van der Waals surface area (Å²) in [6.07, 6.45) is 0.736. The predicted octanol–water partition coefficient (Wildman–Crippen LogP) is 3.27. The molecule has 0 aliphatic carbocycles. The van der Waals surface area contributed by atoms with E-state index in [0.29, 0.717) is 0 Å². The Bertz CT molecular complexity index is 879. The summed E-state index contributed by atoms with van der Waals surface area (Å²) in [7, 11) is -4.66. The van der Waals surface area contributed by atoms with Crippen LogP contribution in [0.2, 0.25) is 0 Å². The topological polar surface area (TPSA) is 54.5 Å². The third-order valence-electron chi connectivity index (χ3n) is 4.09. The predicted molar refractivity (Wildman–Crippen MR) is 86.0 cm³/mol. The number of carbonyl (C=O) groups excluding carboxylic acids is 1. The van der Waals surface area contributed by atoms with Crippen LogP contribution in [0.3, 0.4) is 0 Å². The molecule has 126 valence electrons. The van der Waals surface area contributed by atoms with Gasteiger partial charge in [0.2, 0.25) is 9.84 Å². The molecule has 0 aromatic heterocycles. The highest BCUT2D eigenvalue weighted by molar-refractivity contribution is 7.91. The second kappa shape index (κ2) is 5.98. The number of benzene rings is 2. The minimum Gasteiger partial charge on any atom is -0.305 e. The zero-order chi connectivity index (χ0) is 17.5. The number of anilines is 1. The van der Waals surface area contributed by atoms with E-state index in [9.17, 15) is 22.0 Å². The van der Waals surface area contributed by atoms with Crippen LogP contribution >= 0.6 is 0 Å². The van der Waals surface area contributed by atoms with E-state index in [-0.39, 0.29) is 17.5 Å². The number of amides is 1. The lowest BCUT2D eigenvalue weighted by Crippen LogP contribution is -2.35. The van der Waals surface area contributed by atoms with Crippen molar-refractivity contribution in [1.82, 2.24) is 0 Å². The highest BCUT2D eigenvalue weighted by atomic mass is 32.2. The van der Waals surface area contributed by atoms with Crippen molar-refractivity contribution in [2.24, 2.45) is 0 Å². The van der Waals surface area contributed by atoms with Gasteiger partial charge in [-0.1, -0.05) is 18.2 Å². The number of fused-ring (bicyclic) bond motifs is 1. The number of para-hydroxylation sites is 1. The van der Waals surface area contributed by atoms with Gasteiger partial charge in [-0.3, -0.25) is 4.79 Å². The van der Waals surface area contributed by atoms with E-state index in [1.165, 1.54) is 12.1 Å². The third kappa shape index (κ3) is 2.69. The Balaban J connectivity index is 1.92. The maximum atomic E-state index is 12.7. The molecule has 0 saturated carbocycles. The molecular weight excluding hydrogens is 336 g/mol. The molecule has 1 amide bonds. The Morgan fingerprint density at radius 3 is 2.38 bits per heavy atom. The minimum absolute atomic E-state index is 0.0284. The van der Waals surface area contributed by atoms with Crippen molar-refractivity contribution in [3.8, 4) is 0 Å². The van der Waals surface area contributed by atoms with Gasteiger partial charge in [-0.2, -0.15) is 8.78 Å². The van der Waals surface area contributed by atoms with E-state index < -0.39 is 20.5 Å². The van der Waals surface area contributed by atoms with Crippen LogP contribution in [0, 0.1) is 0 Å². The maximum Gasteiger partial charge on any atom is 0.341 e. The van der Waals surface area contributed by atoms with Gasteiger partial charge < -0.3 is 4.90 Å². The number of alkyl halides is 2. The Morgan fingerprint density at radius 2 is 1.75 bits per heavy atom. The Morgan fingerprint density at radius 1 is 1.12 bits per heavy atom. The summed E-state index contributed by atoms with van der Waals surface area (Å²) in [5.41, 5.74) is 2.14. The van der Waals surface area contributed by atoms with Crippen molar-refractivity contribution < 1.29 is 22.0 Å². The van der Waals surface area contributed by atoms with Gasteiger partial charge in [-0.05, 0) is 49.2 Å². The van der Waals surface area contributed by atoms with Crippen LogP contribution < -0.4 is 4.90 Å². The fourth-order valence-electron chi connectivity index (χ4n) is 2.90. The molecule has 2 aromatic carbocycles. The molecule has 1 heterocycles. The molecule has 1 unspecified atom stereocenters. The van der Waals surface area contributed by atoms with Crippen LogP contribution in [-0.4, -0.2) is 26.1 Å². The van der Waals surface area contributed by atoms with Gasteiger partial charge in [0.05, 0.1) is 4.90 Å². The molecule has 7 heteroatoms. The average molecular weight is 351 g/mol. The Hall–Kier alpha value is -2.28. The van der Waals surface area contributed by atoms with E-state index in [4.69, 9.17) is 0 Å². The molecule has 1 aliphatic heterocycles. The number of rotatable bonds is 3. The highest BCUT2D eigenvalue weighted by Gasteiger charge is 2.32. The van der Waals surface area contributed by atoms with Crippen LogP contribution in [0.1, 0.15) is 22.8 Å². The monoisotopic (exact) mass is 351 g/mol. The number of sulfone groups is 1. The van der Waals surface area contributed by atoms with E-state index in [1.54, 1.807) is 4.90 Å². The smallest absolute Gasteiger partial charge is 0.305 e. The van der Waals surface area contributed by atoms with Crippen LogP contribution in [0.5, 0.6) is 0 Å². The summed E-state index contributed by atoms with van der Waals surface area (Å²) < 4.78 is 48.0. The zero-order valence-electron chi connectivity index (χ0n) is 12.8. The first-order valence-corrected chi connectivity index (χ1v) is 8.90. The lowest BCUT2D eigenvalue weighted by molar-refractivity contribution is 0.0981. The van der Waals surface area contributed by atoms with E-state index in [2.05, 4.69) is 0 Å². The minimum atomic E-state index is -4.66. The maximum absolute atomic E-state index is 12.7. The molecule has 0 radical (unpaired) electrons. The molecule has 3 rings (SSSR count). The van der Waals surface area contributed by atoms with Crippen molar-refractivity contribution >= 4 is 21.4 Å². The van der Waals surface area contributed by atoms with Crippen molar-refractivity contribution in [2.75, 3.05) is 4.90 Å². The fourth-order valence-corrected chi connectivity index (χ4v) is 3.63. The van der Waals surface area contributed by atoms with Gasteiger partial charge in [0.1, 0.15) is 0 Å². The average Bonchev–Trinajstić information content (AvgIpc) is 2.90. The first-order chi connectivity index (χ1) is 11.3. The van der Waals surface area contributed by atoms with Crippen LogP contribution in [0.25, 0.3) is 0 Å².